The largest absolute Gasteiger partial charge is 0.324 e. The van der Waals surface area contributed by atoms with E-state index in [1.165, 1.54) is 6.92 Å². The van der Waals surface area contributed by atoms with E-state index in [0.717, 1.165) is 11.1 Å². The Labute approximate surface area is 149 Å². The molecular formula is C21H24N2O2. The smallest absolute Gasteiger partial charge is 0.229 e. The Morgan fingerprint density at radius 3 is 1.48 bits per heavy atom. The van der Waals surface area contributed by atoms with Gasteiger partial charge in [0.25, 0.3) is 0 Å². The van der Waals surface area contributed by atoms with Gasteiger partial charge in [0.05, 0.1) is 11.4 Å². The van der Waals surface area contributed by atoms with Crippen LogP contribution in [0.25, 0.3) is 11.4 Å². The number of amides is 2. The van der Waals surface area contributed by atoms with Gasteiger partial charge < -0.3 is 10.6 Å². The lowest BCUT2D eigenvalue weighted by molar-refractivity contribution is -0.127. The summed E-state index contributed by atoms with van der Waals surface area (Å²) in [5, 5.41) is 5.88. The van der Waals surface area contributed by atoms with Crippen molar-refractivity contribution in [2.45, 2.75) is 27.7 Å². The fraction of sp³-hybridized carbons (Fsp3) is 0.238. The molecule has 4 heteroatoms. The standard InChI is InChI=1S/C21H24N2O2/c1-15(24)22-18(16-11-7-5-8-12-16)19(17-13-9-6-10-14-17)23-20(25)21(2,3)4/h5-14H,1-4H3,(H,22,24)(H,23,25). The highest BCUT2D eigenvalue weighted by molar-refractivity contribution is 6.01. The number of carbonyl (C=O) groups is 2. The van der Waals surface area contributed by atoms with E-state index in [1.807, 2.05) is 81.4 Å². The Kier molecular flexibility index (Phi) is 5.75. The Morgan fingerprint density at radius 1 is 0.720 bits per heavy atom. The molecule has 25 heavy (non-hydrogen) atoms. The van der Waals surface area contributed by atoms with Gasteiger partial charge in [0.2, 0.25) is 11.8 Å². The molecule has 0 aliphatic rings. The molecular weight excluding hydrogens is 312 g/mol. The van der Waals surface area contributed by atoms with Crippen molar-refractivity contribution in [2.75, 3.05) is 0 Å². The van der Waals surface area contributed by atoms with Crippen LogP contribution in [-0.2, 0) is 9.59 Å². The van der Waals surface area contributed by atoms with Crippen molar-refractivity contribution in [1.82, 2.24) is 10.6 Å². The molecule has 2 N–H and O–H groups in total. The van der Waals surface area contributed by atoms with Crippen molar-refractivity contribution in [2.24, 2.45) is 5.41 Å². The van der Waals surface area contributed by atoms with Crippen LogP contribution in [0.1, 0.15) is 38.8 Å². The van der Waals surface area contributed by atoms with E-state index in [-0.39, 0.29) is 11.8 Å². The normalized spacial score (nSPS) is 12.2. The van der Waals surface area contributed by atoms with Gasteiger partial charge in [-0.15, -0.1) is 0 Å². The molecule has 0 fully saturated rings. The van der Waals surface area contributed by atoms with Crippen molar-refractivity contribution in [3.63, 3.8) is 0 Å². The van der Waals surface area contributed by atoms with Gasteiger partial charge in [0, 0.05) is 23.5 Å². The lowest BCUT2D eigenvalue weighted by Gasteiger charge is -2.22. The first-order chi connectivity index (χ1) is 11.8. The van der Waals surface area contributed by atoms with Gasteiger partial charge >= 0.3 is 0 Å². The molecule has 0 saturated carbocycles. The van der Waals surface area contributed by atoms with Gasteiger partial charge in [-0.3, -0.25) is 9.59 Å². The topological polar surface area (TPSA) is 58.2 Å². The Hall–Kier alpha value is -2.88. The SMILES string of the molecule is CC(=O)NC(=C(NC(=O)C(C)(C)C)c1ccccc1)c1ccccc1. The molecule has 0 unspecified atom stereocenters. The molecule has 4 nitrogen and oxygen atoms in total. The van der Waals surface area contributed by atoms with Gasteiger partial charge in [-0.2, -0.15) is 0 Å². The zero-order chi connectivity index (χ0) is 18.4. The maximum Gasteiger partial charge on any atom is 0.229 e. The van der Waals surface area contributed by atoms with Gasteiger partial charge in [-0.25, -0.2) is 0 Å². The quantitative estimate of drug-likeness (QED) is 0.834. The summed E-state index contributed by atoms with van der Waals surface area (Å²) in [6.45, 7) is 7.01. The third-order valence-electron chi connectivity index (χ3n) is 3.60. The highest BCUT2D eigenvalue weighted by atomic mass is 16.2. The van der Waals surface area contributed by atoms with Crippen molar-refractivity contribution in [3.05, 3.63) is 71.8 Å². The first-order valence-corrected chi connectivity index (χ1v) is 8.23. The van der Waals surface area contributed by atoms with E-state index in [0.29, 0.717) is 11.4 Å². The average molecular weight is 336 g/mol. The van der Waals surface area contributed by atoms with Crippen LogP contribution in [0.5, 0.6) is 0 Å². The highest BCUT2D eigenvalue weighted by Crippen LogP contribution is 2.24. The highest BCUT2D eigenvalue weighted by Gasteiger charge is 2.24. The second-order valence-corrected chi connectivity index (χ2v) is 6.87. The zero-order valence-electron chi connectivity index (χ0n) is 15.1. The summed E-state index contributed by atoms with van der Waals surface area (Å²) < 4.78 is 0. The monoisotopic (exact) mass is 336 g/mol. The third kappa shape index (κ3) is 5.05. The lowest BCUT2D eigenvalue weighted by atomic mass is 9.94. The molecule has 0 heterocycles. The molecule has 0 spiro atoms. The maximum atomic E-state index is 12.6. The van der Waals surface area contributed by atoms with E-state index in [2.05, 4.69) is 10.6 Å². The fourth-order valence-electron chi connectivity index (χ4n) is 2.24. The van der Waals surface area contributed by atoms with E-state index in [1.54, 1.807) is 0 Å². The summed E-state index contributed by atoms with van der Waals surface area (Å²) in [5.74, 6) is -0.317. The van der Waals surface area contributed by atoms with Crippen LogP contribution in [0.3, 0.4) is 0 Å². The second kappa shape index (κ2) is 7.79. The minimum absolute atomic E-state index is 0.120. The number of hydrogen-bond acceptors (Lipinski definition) is 2. The minimum atomic E-state index is -0.557. The first kappa shape index (κ1) is 18.5. The second-order valence-electron chi connectivity index (χ2n) is 6.87. The summed E-state index contributed by atoms with van der Waals surface area (Å²) in [6.07, 6.45) is 0. The predicted octanol–water partition coefficient (Wildman–Crippen LogP) is 3.81. The number of nitrogens with one attached hydrogen (secondary N) is 2. The van der Waals surface area contributed by atoms with Gasteiger partial charge in [-0.1, -0.05) is 81.4 Å². The molecule has 130 valence electrons. The lowest BCUT2D eigenvalue weighted by Crippen LogP contribution is -2.35. The molecule has 0 saturated heterocycles. The first-order valence-electron chi connectivity index (χ1n) is 8.23. The van der Waals surface area contributed by atoms with Crippen LogP contribution < -0.4 is 10.6 Å². The van der Waals surface area contributed by atoms with Crippen molar-refractivity contribution < 1.29 is 9.59 Å². The molecule has 0 atom stereocenters. The van der Waals surface area contributed by atoms with Gasteiger partial charge in [0.1, 0.15) is 0 Å². The maximum absolute atomic E-state index is 12.6. The molecule has 0 aliphatic carbocycles. The summed E-state index contributed by atoms with van der Waals surface area (Å²) >= 11 is 0. The number of rotatable bonds is 4. The summed E-state index contributed by atoms with van der Waals surface area (Å²) in [7, 11) is 0. The van der Waals surface area contributed by atoms with Crippen molar-refractivity contribution in [1.29, 1.82) is 0 Å². The molecule has 2 aromatic carbocycles. The predicted molar refractivity (Wildman–Crippen MR) is 101 cm³/mol. The van der Waals surface area contributed by atoms with E-state index >= 15 is 0 Å². The van der Waals surface area contributed by atoms with E-state index in [4.69, 9.17) is 0 Å². The average Bonchev–Trinajstić information content (AvgIpc) is 2.58. The molecule has 0 aromatic heterocycles. The fourth-order valence-corrected chi connectivity index (χ4v) is 2.24. The van der Waals surface area contributed by atoms with E-state index < -0.39 is 5.41 Å². The van der Waals surface area contributed by atoms with Gasteiger partial charge in [-0.05, 0) is 0 Å². The number of benzene rings is 2. The van der Waals surface area contributed by atoms with Gasteiger partial charge in [0.15, 0.2) is 0 Å². The van der Waals surface area contributed by atoms with Crippen molar-refractivity contribution >= 4 is 23.2 Å². The Balaban J connectivity index is 2.64. The summed E-state index contributed by atoms with van der Waals surface area (Å²) in [4.78, 5) is 24.4. The molecule has 0 bridgehead atoms. The van der Waals surface area contributed by atoms with Crippen LogP contribution in [0.4, 0.5) is 0 Å². The van der Waals surface area contributed by atoms with E-state index in [9.17, 15) is 9.59 Å². The molecule has 2 aromatic rings. The van der Waals surface area contributed by atoms with Crippen LogP contribution in [0, 0.1) is 5.41 Å². The molecule has 0 aliphatic heterocycles. The number of hydrogen-bond donors (Lipinski definition) is 2. The van der Waals surface area contributed by atoms with Crippen LogP contribution in [0.2, 0.25) is 0 Å². The van der Waals surface area contributed by atoms with Crippen LogP contribution in [0.15, 0.2) is 60.7 Å². The zero-order valence-corrected chi connectivity index (χ0v) is 15.1. The third-order valence-corrected chi connectivity index (χ3v) is 3.60. The molecule has 0 radical (unpaired) electrons. The Morgan fingerprint density at radius 2 is 1.12 bits per heavy atom. The summed E-state index contributed by atoms with van der Waals surface area (Å²) in [5.41, 5.74) is 2.26. The van der Waals surface area contributed by atoms with Crippen LogP contribution >= 0.6 is 0 Å². The summed E-state index contributed by atoms with van der Waals surface area (Å²) in [6, 6.07) is 19.0. The van der Waals surface area contributed by atoms with Crippen molar-refractivity contribution in [3.8, 4) is 0 Å². The molecule has 2 rings (SSSR count). The number of carbonyl (C=O) groups excluding carboxylic acids is 2. The Bertz CT molecular complexity index is 773. The minimum Gasteiger partial charge on any atom is -0.324 e. The molecule has 2 amide bonds. The van der Waals surface area contributed by atoms with Crippen LogP contribution in [-0.4, -0.2) is 11.8 Å².